The molecule has 1 saturated heterocycles. The van der Waals surface area contributed by atoms with Crippen molar-refractivity contribution in [2.75, 3.05) is 13.1 Å². The van der Waals surface area contributed by atoms with E-state index in [1.807, 2.05) is 66.7 Å². The summed E-state index contributed by atoms with van der Waals surface area (Å²) in [6, 6.07) is 27.6. The first kappa shape index (κ1) is 28.0. The molecule has 8 nitrogen and oxygen atoms in total. The predicted octanol–water partition coefficient (Wildman–Crippen LogP) is 5.18. The van der Waals surface area contributed by atoms with Gasteiger partial charge < -0.3 is 5.32 Å². The Morgan fingerprint density at radius 1 is 1.07 bits per heavy atom. The molecule has 208 valence electrons. The number of hydrogen-bond donors (Lipinski definition) is 1. The molecule has 0 saturated carbocycles. The summed E-state index contributed by atoms with van der Waals surface area (Å²) in [5.41, 5.74) is 3.16. The maximum Gasteiger partial charge on any atom is 0.262 e. The normalized spacial score (nSPS) is 16.2. The molecule has 1 amide bonds. The number of benzene rings is 3. The standard InChI is InChI=1S/C32H31N5O3S/c1-24-10-9-17-36(22-24)41(39,40)30-16-8-13-26(19-30)31-28(23-37(35-31)29-14-6-3-7-15-29)18-27(20-33)32(38)34-21-25-11-4-2-5-12-25/h2-8,11-16,18-19,23-24H,9-10,17,21-22H2,1H3,(H,34,38)/b27-18-. The number of carbonyl (C=O) groups excluding carboxylic acids is 1. The van der Waals surface area contributed by atoms with E-state index in [0.29, 0.717) is 35.8 Å². The van der Waals surface area contributed by atoms with E-state index < -0.39 is 15.9 Å². The second-order valence-electron chi connectivity index (χ2n) is 10.2. The first-order chi connectivity index (χ1) is 19.8. The van der Waals surface area contributed by atoms with Gasteiger partial charge in [-0.1, -0.05) is 67.6 Å². The van der Waals surface area contributed by atoms with Crippen LogP contribution in [0.4, 0.5) is 0 Å². The number of carbonyl (C=O) groups is 1. The van der Waals surface area contributed by atoms with E-state index in [1.165, 1.54) is 6.08 Å². The average Bonchev–Trinajstić information content (AvgIpc) is 3.43. The molecule has 2 heterocycles. The third-order valence-corrected chi connectivity index (χ3v) is 8.95. The van der Waals surface area contributed by atoms with Crippen LogP contribution in [0.3, 0.4) is 0 Å². The van der Waals surface area contributed by atoms with Gasteiger partial charge in [0.25, 0.3) is 5.91 Å². The van der Waals surface area contributed by atoms with E-state index in [-0.39, 0.29) is 17.0 Å². The molecule has 0 bridgehead atoms. The van der Waals surface area contributed by atoms with Crippen LogP contribution in [0.2, 0.25) is 0 Å². The highest BCUT2D eigenvalue weighted by Gasteiger charge is 2.29. The lowest BCUT2D eigenvalue weighted by Gasteiger charge is -2.30. The summed E-state index contributed by atoms with van der Waals surface area (Å²) in [4.78, 5) is 13.1. The lowest BCUT2D eigenvalue weighted by Crippen LogP contribution is -2.39. The molecule has 5 rings (SSSR count). The maximum absolute atomic E-state index is 13.5. The van der Waals surface area contributed by atoms with E-state index in [2.05, 4.69) is 12.2 Å². The molecule has 1 aliphatic heterocycles. The summed E-state index contributed by atoms with van der Waals surface area (Å²) in [7, 11) is -3.69. The molecule has 1 fully saturated rings. The van der Waals surface area contributed by atoms with Gasteiger partial charge in [0.05, 0.1) is 10.6 Å². The van der Waals surface area contributed by atoms with E-state index in [9.17, 15) is 18.5 Å². The number of para-hydroxylation sites is 1. The molecule has 1 aliphatic rings. The van der Waals surface area contributed by atoms with Crippen molar-refractivity contribution in [2.45, 2.75) is 31.2 Å². The Labute approximate surface area is 240 Å². The third kappa shape index (κ3) is 6.46. The molecule has 9 heteroatoms. The van der Waals surface area contributed by atoms with Gasteiger partial charge in [-0.3, -0.25) is 4.79 Å². The largest absolute Gasteiger partial charge is 0.347 e. The van der Waals surface area contributed by atoms with Crippen LogP contribution in [-0.2, 0) is 21.4 Å². The molecule has 3 aromatic carbocycles. The lowest BCUT2D eigenvalue weighted by molar-refractivity contribution is -0.117. The lowest BCUT2D eigenvalue weighted by atomic mass is 10.0. The van der Waals surface area contributed by atoms with Gasteiger partial charge in [-0.2, -0.15) is 14.7 Å². The number of nitrogens with zero attached hydrogens (tertiary/aromatic N) is 4. The van der Waals surface area contributed by atoms with Gasteiger partial charge in [-0.05, 0) is 54.7 Å². The van der Waals surface area contributed by atoms with Crippen LogP contribution in [0.5, 0.6) is 0 Å². The predicted molar refractivity (Wildman–Crippen MR) is 158 cm³/mol. The van der Waals surface area contributed by atoms with E-state index in [4.69, 9.17) is 5.10 Å². The topological polar surface area (TPSA) is 108 Å². The van der Waals surface area contributed by atoms with Gasteiger partial charge in [0, 0.05) is 37.0 Å². The Balaban J connectivity index is 1.52. The third-order valence-electron chi connectivity index (χ3n) is 7.09. The van der Waals surface area contributed by atoms with Crippen LogP contribution in [0, 0.1) is 17.2 Å². The number of piperidine rings is 1. The first-order valence-electron chi connectivity index (χ1n) is 13.5. The molecule has 1 aromatic heterocycles. The zero-order chi connectivity index (χ0) is 28.8. The highest BCUT2D eigenvalue weighted by atomic mass is 32.2. The number of nitrogens with one attached hydrogen (secondary N) is 1. The van der Waals surface area contributed by atoms with Crippen molar-refractivity contribution in [3.63, 3.8) is 0 Å². The second-order valence-corrected chi connectivity index (χ2v) is 12.1. The van der Waals surface area contributed by atoms with E-state index in [1.54, 1.807) is 39.4 Å². The molecule has 0 aliphatic carbocycles. The Bertz CT molecular complexity index is 1710. The van der Waals surface area contributed by atoms with E-state index in [0.717, 1.165) is 24.1 Å². The molecule has 0 radical (unpaired) electrons. The Kier molecular flexibility index (Phi) is 8.43. The average molecular weight is 566 g/mol. The van der Waals surface area contributed by atoms with Gasteiger partial charge in [0.1, 0.15) is 17.3 Å². The minimum atomic E-state index is -3.69. The highest BCUT2D eigenvalue weighted by Crippen LogP contribution is 2.30. The maximum atomic E-state index is 13.5. The molecular weight excluding hydrogens is 534 g/mol. The molecular formula is C32H31N5O3S. The van der Waals surface area contributed by atoms with Crippen LogP contribution < -0.4 is 5.32 Å². The number of amides is 1. The zero-order valence-electron chi connectivity index (χ0n) is 22.8. The summed E-state index contributed by atoms with van der Waals surface area (Å²) < 4.78 is 30.3. The van der Waals surface area contributed by atoms with Gasteiger partial charge in [0.2, 0.25) is 10.0 Å². The van der Waals surface area contributed by atoms with Gasteiger partial charge in [-0.25, -0.2) is 13.1 Å². The van der Waals surface area contributed by atoms with Crippen LogP contribution in [0.15, 0.2) is 102 Å². The Morgan fingerprint density at radius 2 is 1.80 bits per heavy atom. The Morgan fingerprint density at radius 3 is 2.51 bits per heavy atom. The first-order valence-corrected chi connectivity index (χ1v) is 15.0. The SMILES string of the molecule is CC1CCCN(S(=O)(=O)c2cccc(-c3nn(-c4ccccc4)cc3/C=C(/C#N)C(=O)NCc3ccccc3)c2)C1. The minimum absolute atomic E-state index is 0.0825. The van der Waals surface area contributed by atoms with Crippen molar-refractivity contribution >= 4 is 22.0 Å². The van der Waals surface area contributed by atoms with Gasteiger partial charge in [-0.15, -0.1) is 0 Å². The van der Waals surface area contributed by atoms with Crippen molar-refractivity contribution in [1.82, 2.24) is 19.4 Å². The van der Waals surface area contributed by atoms with Crippen molar-refractivity contribution < 1.29 is 13.2 Å². The fourth-order valence-corrected chi connectivity index (χ4v) is 6.57. The van der Waals surface area contributed by atoms with Gasteiger partial charge >= 0.3 is 0 Å². The quantitative estimate of drug-likeness (QED) is 0.234. The summed E-state index contributed by atoms with van der Waals surface area (Å²) in [5, 5.41) is 17.4. The fourth-order valence-electron chi connectivity index (χ4n) is 4.93. The number of aromatic nitrogens is 2. The Hall–Kier alpha value is -4.52. The second kappa shape index (κ2) is 12.3. The minimum Gasteiger partial charge on any atom is -0.347 e. The number of nitriles is 1. The fraction of sp³-hybridized carbons (Fsp3) is 0.219. The monoisotopic (exact) mass is 565 g/mol. The molecule has 4 aromatic rings. The molecule has 0 spiro atoms. The highest BCUT2D eigenvalue weighted by molar-refractivity contribution is 7.89. The molecule has 1 N–H and O–H groups in total. The van der Waals surface area contributed by atoms with Crippen molar-refractivity contribution in [3.8, 4) is 23.0 Å². The summed E-state index contributed by atoms with van der Waals surface area (Å²) >= 11 is 0. The summed E-state index contributed by atoms with van der Waals surface area (Å²) in [5.74, 6) is -0.206. The van der Waals surface area contributed by atoms with Crippen molar-refractivity contribution in [1.29, 1.82) is 5.26 Å². The zero-order valence-corrected chi connectivity index (χ0v) is 23.6. The number of hydrogen-bond acceptors (Lipinski definition) is 5. The number of rotatable bonds is 8. The van der Waals surface area contributed by atoms with Crippen LogP contribution >= 0.6 is 0 Å². The number of sulfonamides is 1. The molecule has 1 atom stereocenters. The molecule has 1 unspecified atom stereocenters. The molecule has 41 heavy (non-hydrogen) atoms. The van der Waals surface area contributed by atoms with E-state index >= 15 is 0 Å². The van der Waals surface area contributed by atoms with Crippen molar-refractivity contribution in [2.24, 2.45) is 5.92 Å². The summed E-state index contributed by atoms with van der Waals surface area (Å²) in [6.45, 7) is 3.34. The van der Waals surface area contributed by atoms with Crippen LogP contribution in [0.25, 0.3) is 23.0 Å². The summed E-state index contributed by atoms with van der Waals surface area (Å²) in [6.07, 6.45) is 5.08. The van der Waals surface area contributed by atoms with Crippen LogP contribution in [0.1, 0.15) is 30.9 Å². The van der Waals surface area contributed by atoms with Crippen LogP contribution in [-0.4, -0.2) is 41.5 Å². The van der Waals surface area contributed by atoms with Crippen molar-refractivity contribution in [3.05, 3.63) is 108 Å². The smallest absolute Gasteiger partial charge is 0.262 e. The van der Waals surface area contributed by atoms with Gasteiger partial charge in [0.15, 0.2) is 0 Å².